The van der Waals surface area contributed by atoms with E-state index in [-0.39, 0.29) is 22.8 Å². The molecule has 3 rings (SSSR count). The number of hydrogen-bond acceptors (Lipinski definition) is 3. The lowest BCUT2D eigenvalue weighted by atomic mass is 9.96. The molecule has 0 amide bonds. The highest BCUT2D eigenvalue weighted by molar-refractivity contribution is 5.85. The molecule has 1 atom stereocenters. The quantitative estimate of drug-likeness (QED) is 0.844. The molecule has 0 bridgehead atoms. The third kappa shape index (κ3) is 2.04. The zero-order chi connectivity index (χ0) is 15.1. The maximum Gasteiger partial charge on any atom is 0.273 e. The minimum atomic E-state index is -0.524. The molecule has 1 aromatic carbocycles. The number of rotatable bonds is 2. The number of carbonyl (C=O) groups excluding carboxylic acids is 1. The van der Waals surface area contributed by atoms with Gasteiger partial charge in [-0.25, -0.2) is 9.36 Å². The average molecular weight is 286 g/mol. The number of aromatic nitrogens is 2. The molecule has 1 aliphatic rings. The van der Waals surface area contributed by atoms with E-state index >= 15 is 0 Å². The molecule has 0 saturated carbocycles. The first-order chi connectivity index (χ1) is 10.0. The van der Waals surface area contributed by atoms with E-state index < -0.39 is 6.04 Å². The summed E-state index contributed by atoms with van der Waals surface area (Å²) in [5.74, 6) is -0.143. The van der Waals surface area contributed by atoms with E-state index in [4.69, 9.17) is 0 Å². The van der Waals surface area contributed by atoms with E-state index in [1.807, 2.05) is 13.8 Å². The number of fused-ring (bicyclic) bond motifs is 2. The van der Waals surface area contributed by atoms with Crippen LogP contribution >= 0.6 is 0 Å². The first-order valence-electron chi connectivity index (χ1n) is 7.30. The lowest BCUT2D eigenvalue weighted by Crippen LogP contribution is -2.46. The number of benzene rings is 1. The largest absolute Gasteiger partial charge is 0.297 e. The highest BCUT2D eigenvalue weighted by atomic mass is 16.2. The van der Waals surface area contributed by atoms with Crippen LogP contribution in [0, 0.1) is 5.92 Å². The molecule has 21 heavy (non-hydrogen) atoms. The summed E-state index contributed by atoms with van der Waals surface area (Å²) < 4.78 is 2.83. The van der Waals surface area contributed by atoms with Gasteiger partial charge in [0.2, 0.25) is 0 Å². The molecule has 110 valence electrons. The second-order valence-corrected chi connectivity index (χ2v) is 5.84. The van der Waals surface area contributed by atoms with Gasteiger partial charge in [0, 0.05) is 12.5 Å². The van der Waals surface area contributed by atoms with Gasteiger partial charge in [-0.2, -0.15) is 0 Å². The van der Waals surface area contributed by atoms with Crippen LogP contribution in [0.4, 0.5) is 0 Å². The van der Waals surface area contributed by atoms with Gasteiger partial charge >= 0.3 is 0 Å². The molecule has 5 nitrogen and oxygen atoms in total. The van der Waals surface area contributed by atoms with E-state index in [1.165, 1.54) is 9.36 Å². The molecule has 0 saturated heterocycles. The summed E-state index contributed by atoms with van der Waals surface area (Å²) in [6.07, 6.45) is 1.36. The molecule has 0 fully saturated rings. The Morgan fingerprint density at radius 1 is 1.14 bits per heavy atom. The SMILES string of the molecule is CC(C)C(=O)C1CCCn2c(=O)c3ccccc3c(=O)n21. The van der Waals surface area contributed by atoms with Crippen molar-refractivity contribution in [2.75, 3.05) is 0 Å². The number of hydrogen-bond donors (Lipinski definition) is 0. The lowest BCUT2D eigenvalue weighted by Gasteiger charge is -2.29. The number of carbonyl (C=O) groups is 1. The first kappa shape index (κ1) is 13.8. The summed E-state index contributed by atoms with van der Waals surface area (Å²) in [5, 5.41) is 0.818. The van der Waals surface area contributed by atoms with Crippen LogP contribution in [0.5, 0.6) is 0 Å². The smallest absolute Gasteiger partial charge is 0.273 e. The van der Waals surface area contributed by atoms with Gasteiger partial charge in [-0.05, 0) is 25.0 Å². The van der Waals surface area contributed by atoms with Crippen molar-refractivity contribution in [1.82, 2.24) is 9.36 Å². The van der Waals surface area contributed by atoms with Crippen molar-refractivity contribution < 1.29 is 4.79 Å². The van der Waals surface area contributed by atoms with Crippen molar-refractivity contribution in [3.63, 3.8) is 0 Å². The van der Waals surface area contributed by atoms with Crippen LogP contribution in [0.1, 0.15) is 32.7 Å². The molecular formula is C16H18N2O3. The van der Waals surface area contributed by atoms with Crippen LogP contribution in [0.3, 0.4) is 0 Å². The monoisotopic (exact) mass is 286 g/mol. The minimum absolute atomic E-state index is 0.0141. The fraction of sp³-hybridized carbons (Fsp3) is 0.438. The molecule has 1 aromatic heterocycles. The molecule has 0 N–H and O–H groups in total. The summed E-state index contributed by atoms with van der Waals surface area (Å²) >= 11 is 0. The van der Waals surface area contributed by atoms with Gasteiger partial charge in [-0.3, -0.25) is 14.4 Å². The average Bonchev–Trinajstić information content (AvgIpc) is 2.51. The van der Waals surface area contributed by atoms with Crippen molar-refractivity contribution in [1.29, 1.82) is 0 Å². The van der Waals surface area contributed by atoms with Crippen LogP contribution in [0.25, 0.3) is 10.8 Å². The molecule has 0 radical (unpaired) electrons. The van der Waals surface area contributed by atoms with Crippen LogP contribution in [-0.4, -0.2) is 15.1 Å². The molecule has 0 spiro atoms. The Morgan fingerprint density at radius 2 is 1.76 bits per heavy atom. The Morgan fingerprint density at radius 3 is 2.38 bits per heavy atom. The van der Waals surface area contributed by atoms with Crippen molar-refractivity contribution in [2.24, 2.45) is 5.92 Å². The third-order valence-electron chi connectivity index (χ3n) is 4.13. The molecule has 1 aliphatic heterocycles. The molecular weight excluding hydrogens is 268 g/mol. The van der Waals surface area contributed by atoms with E-state index in [9.17, 15) is 14.4 Å². The number of nitrogens with zero attached hydrogens (tertiary/aromatic N) is 2. The van der Waals surface area contributed by atoms with Crippen LogP contribution in [0.2, 0.25) is 0 Å². The van der Waals surface area contributed by atoms with Crippen LogP contribution in [-0.2, 0) is 11.3 Å². The summed E-state index contributed by atoms with van der Waals surface area (Å²) in [4.78, 5) is 37.7. The van der Waals surface area contributed by atoms with E-state index in [1.54, 1.807) is 24.3 Å². The standard InChI is InChI=1S/C16H18N2O3/c1-10(2)14(19)13-8-5-9-17-15(20)11-6-3-4-7-12(11)16(21)18(13)17/h3-4,6-7,10,13H,5,8-9H2,1-2H3. The van der Waals surface area contributed by atoms with Gasteiger partial charge < -0.3 is 0 Å². The van der Waals surface area contributed by atoms with Crippen molar-refractivity contribution in [2.45, 2.75) is 39.3 Å². The van der Waals surface area contributed by atoms with Gasteiger partial charge in [0.1, 0.15) is 6.04 Å². The minimum Gasteiger partial charge on any atom is -0.297 e. The lowest BCUT2D eigenvalue weighted by molar-refractivity contribution is -0.126. The third-order valence-corrected chi connectivity index (χ3v) is 4.13. The Balaban J connectivity index is 2.36. The first-order valence-corrected chi connectivity index (χ1v) is 7.30. The van der Waals surface area contributed by atoms with Crippen LogP contribution < -0.4 is 11.1 Å². The maximum atomic E-state index is 12.7. The van der Waals surface area contributed by atoms with Gasteiger partial charge in [0.25, 0.3) is 11.1 Å². The summed E-state index contributed by atoms with van der Waals surface area (Å²) in [5.41, 5.74) is -0.435. The van der Waals surface area contributed by atoms with E-state index in [0.29, 0.717) is 23.7 Å². The van der Waals surface area contributed by atoms with Gasteiger partial charge in [0.05, 0.1) is 10.8 Å². The van der Waals surface area contributed by atoms with Crippen molar-refractivity contribution in [3.8, 4) is 0 Å². The summed E-state index contributed by atoms with van der Waals surface area (Å²) in [6, 6.07) is 6.28. The Bertz CT molecular complexity index is 830. The summed E-state index contributed by atoms with van der Waals surface area (Å²) in [7, 11) is 0. The molecule has 2 aromatic rings. The normalized spacial score (nSPS) is 18.0. The van der Waals surface area contributed by atoms with Crippen molar-refractivity contribution >= 4 is 16.6 Å². The predicted octanol–water partition coefficient (Wildman–Crippen LogP) is 1.72. The summed E-state index contributed by atoms with van der Waals surface area (Å²) in [6.45, 7) is 4.14. The second-order valence-electron chi connectivity index (χ2n) is 5.84. The Hall–Kier alpha value is -2.17. The fourth-order valence-corrected chi connectivity index (χ4v) is 3.05. The van der Waals surface area contributed by atoms with Crippen LogP contribution in [0.15, 0.2) is 33.9 Å². The Labute approximate surface area is 121 Å². The highest BCUT2D eigenvalue weighted by Gasteiger charge is 2.30. The molecule has 0 aliphatic carbocycles. The van der Waals surface area contributed by atoms with Gasteiger partial charge in [-0.15, -0.1) is 0 Å². The molecule has 1 unspecified atom stereocenters. The second kappa shape index (κ2) is 4.98. The van der Waals surface area contributed by atoms with Gasteiger partial charge in [0.15, 0.2) is 5.78 Å². The molecule has 2 heterocycles. The molecule has 5 heteroatoms. The predicted molar refractivity (Wildman–Crippen MR) is 80.6 cm³/mol. The maximum absolute atomic E-state index is 12.7. The number of Topliss-reactive ketones (excluding diaryl/α,β-unsaturated/α-hetero) is 1. The number of ketones is 1. The van der Waals surface area contributed by atoms with E-state index in [0.717, 1.165) is 6.42 Å². The van der Waals surface area contributed by atoms with Gasteiger partial charge in [-0.1, -0.05) is 26.0 Å². The highest BCUT2D eigenvalue weighted by Crippen LogP contribution is 2.22. The zero-order valence-corrected chi connectivity index (χ0v) is 12.2. The van der Waals surface area contributed by atoms with E-state index in [2.05, 4.69) is 0 Å². The van der Waals surface area contributed by atoms with Crippen molar-refractivity contribution in [3.05, 3.63) is 45.0 Å². The fourth-order valence-electron chi connectivity index (χ4n) is 3.05. The Kier molecular flexibility index (Phi) is 3.27. The zero-order valence-electron chi connectivity index (χ0n) is 12.2. The topological polar surface area (TPSA) is 61.1 Å².